The van der Waals surface area contributed by atoms with Gasteiger partial charge in [0.25, 0.3) is 0 Å². The van der Waals surface area contributed by atoms with E-state index in [9.17, 15) is 4.79 Å². The zero-order valence-corrected chi connectivity index (χ0v) is 21.5. The van der Waals surface area contributed by atoms with Crippen LogP contribution < -0.4 is 4.90 Å². The number of hydrogen-bond acceptors (Lipinski definition) is 6. The number of piperidine rings is 1. The van der Waals surface area contributed by atoms with Gasteiger partial charge in [-0.25, -0.2) is 4.98 Å². The number of aryl methyl sites for hydroxylation is 1. The van der Waals surface area contributed by atoms with E-state index in [0.29, 0.717) is 18.5 Å². The van der Waals surface area contributed by atoms with Crippen LogP contribution in [-0.4, -0.2) is 88.3 Å². The Kier molecular flexibility index (Phi) is 6.39. The van der Waals surface area contributed by atoms with Gasteiger partial charge in [0.05, 0.1) is 24.0 Å². The lowest BCUT2D eigenvalue weighted by Crippen LogP contribution is -2.49. The van der Waals surface area contributed by atoms with E-state index in [1.54, 1.807) is 4.90 Å². The summed E-state index contributed by atoms with van der Waals surface area (Å²) < 4.78 is 2.25. The first-order chi connectivity index (χ1) is 17.6. The number of aromatic nitrogens is 3. The monoisotopic (exact) mass is 487 g/mol. The van der Waals surface area contributed by atoms with E-state index >= 15 is 0 Å². The Morgan fingerprint density at radius 1 is 1.06 bits per heavy atom. The van der Waals surface area contributed by atoms with E-state index < -0.39 is 0 Å². The van der Waals surface area contributed by atoms with Crippen molar-refractivity contribution in [3.05, 3.63) is 59.7 Å². The average molecular weight is 488 g/mol. The lowest BCUT2D eigenvalue weighted by atomic mass is 9.77. The fourth-order valence-electron chi connectivity index (χ4n) is 6.35. The lowest BCUT2D eigenvalue weighted by Gasteiger charge is -2.44. The molecular formula is C28H37N7O. The molecular weight excluding hydrogens is 450 g/mol. The number of anilines is 1. The highest BCUT2D eigenvalue weighted by Crippen LogP contribution is 2.43. The van der Waals surface area contributed by atoms with Gasteiger partial charge in [-0.1, -0.05) is 12.1 Å². The molecule has 0 radical (unpaired) electrons. The van der Waals surface area contributed by atoms with Crippen LogP contribution in [0.15, 0.2) is 42.7 Å². The van der Waals surface area contributed by atoms with Gasteiger partial charge in [0.1, 0.15) is 11.5 Å². The van der Waals surface area contributed by atoms with Gasteiger partial charge >= 0.3 is 0 Å². The number of amides is 1. The Labute approximate surface area is 213 Å². The number of carbonyl (C=O) groups excluding carboxylic acids is 1. The Morgan fingerprint density at radius 2 is 1.92 bits per heavy atom. The molecule has 1 aliphatic carbocycles. The van der Waals surface area contributed by atoms with Crippen LogP contribution in [0.25, 0.3) is 5.65 Å². The van der Waals surface area contributed by atoms with E-state index in [1.807, 2.05) is 20.3 Å². The van der Waals surface area contributed by atoms with Crippen LogP contribution in [0.2, 0.25) is 0 Å². The Bertz CT molecular complexity index is 1230. The Morgan fingerprint density at radius 3 is 2.75 bits per heavy atom. The number of piperazine rings is 1. The summed E-state index contributed by atoms with van der Waals surface area (Å²) in [4.78, 5) is 31.0. The predicted molar refractivity (Wildman–Crippen MR) is 141 cm³/mol. The second-order valence-electron chi connectivity index (χ2n) is 10.8. The van der Waals surface area contributed by atoms with Crippen molar-refractivity contribution in [1.82, 2.24) is 29.1 Å². The highest BCUT2D eigenvalue weighted by atomic mass is 16.2. The molecule has 0 bridgehead atoms. The number of pyridine rings is 2. The molecule has 3 aromatic heterocycles. The lowest BCUT2D eigenvalue weighted by molar-refractivity contribution is -0.129. The van der Waals surface area contributed by atoms with Crippen LogP contribution in [-0.2, 0) is 17.8 Å². The summed E-state index contributed by atoms with van der Waals surface area (Å²) in [6, 6.07) is 11.2. The first-order valence-corrected chi connectivity index (χ1v) is 13.4. The summed E-state index contributed by atoms with van der Waals surface area (Å²) in [7, 11) is 3.65. The molecule has 5 heterocycles. The number of nitrogens with zero attached hydrogens (tertiary/aromatic N) is 7. The van der Waals surface area contributed by atoms with Crippen molar-refractivity contribution >= 4 is 17.4 Å². The third-order valence-corrected chi connectivity index (χ3v) is 8.29. The highest BCUT2D eigenvalue weighted by Gasteiger charge is 2.37. The largest absolute Gasteiger partial charge is 0.355 e. The van der Waals surface area contributed by atoms with Crippen molar-refractivity contribution in [2.24, 2.45) is 5.92 Å². The Balaban J connectivity index is 1.19. The minimum Gasteiger partial charge on any atom is -0.355 e. The Hall–Kier alpha value is -2.97. The van der Waals surface area contributed by atoms with Gasteiger partial charge < -0.3 is 9.80 Å². The number of imidazole rings is 1. The molecule has 3 aromatic rings. The van der Waals surface area contributed by atoms with Crippen molar-refractivity contribution in [3.8, 4) is 0 Å². The summed E-state index contributed by atoms with van der Waals surface area (Å²) in [5, 5.41) is 0. The summed E-state index contributed by atoms with van der Waals surface area (Å²) >= 11 is 0. The van der Waals surface area contributed by atoms with Crippen molar-refractivity contribution in [3.63, 3.8) is 0 Å². The fraction of sp³-hybridized carbons (Fsp3) is 0.536. The van der Waals surface area contributed by atoms with Crippen LogP contribution in [0.4, 0.5) is 5.82 Å². The van der Waals surface area contributed by atoms with Gasteiger partial charge in [0.2, 0.25) is 5.91 Å². The second kappa shape index (κ2) is 9.82. The molecule has 2 aliphatic heterocycles. The minimum absolute atomic E-state index is 0.167. The van der Waals surface area contributed by atoms with Gasteiger partial charge in [0.15, 0.2) is 0 Å². The third-order valence-electron chi connectivity index (χ3n) is 8.29. The molecule has 0 aromatic carbocycles. The molecule has 0 spiro atoms. The maximum Gasteiger partial charge on any atom is 0.236 e. The van der Waals surface area contributed by atoms with Crippen LogP contribution in [0.5, 0.6) is 0 Å². The number of rotatable bonds is 5. The van der Waals surface area contributed by atoms with E-state index in [2.05, 4.69) is 55.6 Å². The quantitative estimate of drug-likeness (QED) is 0.552. The van der Waals surface area contributed by atoms with Crippen LogP contribution in [0.3, 0.4) is 0 Å². The van der Waals surface area contributed by atoms with E-state index in [-0.39, 0.29) is 5.91 Å². The molecule has 8 nitrogen and oxygen atoms in total. The van der Waals surface area contributed by atoms with Gasteiger partial charge in [-0.05, 0) is 61.9 Å². The molecule has 2 fully saturated rings. The average Bonchev–Trinajstić information content (AvgIpc) is 3.31. The molecule has 190 valence electrons. The molecule has 36 heavy (non-hydrogen) atoms. The SMILES string of the molecule is CN(C)C(=O)CN1CCN(c2cccc3nc(CN4CCC[C@H]5CCc6cccnc6[C@H]54)cn23)CC1. The van der Waals surface area contributed by atoms with Gasteiger partial charge in [0, 0.05) is 59.2 Å². The number of likely N-dealkylation sites (tertiary alicyclic amines) is 1. The summed E-state index contributed by atoms with van der Waals surface area (Å²) in [5.74, 6) is 2.05. The molecule has 2 atom stereocenters. The van der Waals surface area contributed by atoms with Crippen molar-refractivity contribution < 1.29 is 4.79 Å². The minimum atomic E-state index is 0.167. The highest BCUT2D eigenvalue weighted by molar-refractivity contribution is 5.77. The molecule has 2 saturated heterocycles. The smallest absolute Gasteiger partial charge is 0.236 e. The first kappa shape index (κ1) is 23.4. The van der Waals surface area contributed by atoms with Crippen molar-refractivity contribution in [1.29, 1.82) is 0 Å². The van der Waals surface area contributed by atoms with E-state index in [0.717, 1.165) is 57.0 Å². The van der Waals surface area contributed by atoms with Gasteiger partial charge in [-0.3, -0.25) is 24.0 Å². The van der Waals surface area contributed by atoms with Crippen molar-refractivity contribution in [2.45, 2.75) is 38.3 Å². The third kappa shape index (κ3) is 4.48. The van der Waals surface area contributed by atoms with Crippen molar-refractivity contribution in [2.75, 3.05) is 58.3 Å². The number of hydrogen-bond donors (Lipinski definition) is 0. The number of carbonyl (C=O) groups is 1. The van der Waals surface area contributed by atoms with E-state index in [4.69, 9.17) is 9.97 Å². The predicted octanol–water partition coefficient (Wildman–Crippen LogP) is 2.84. The maximum atomic E-state index is 12.1. The van der Waals surface area contributed by atoms with Crippen LogP contribution >= 0.6 is 0 Å². The standard InChI is InChI=1S/C28H37N7O/c1-31(2)26(36)20-32-14-16-33(17-15-32)25-9-3-8-24-30-23(19-35(24)25)18-34-13-5-7-22-11-10-21-6-4-12-29-27(21)28(22)34/h3-4,6,8-9,12,19,22,28H,5,7,10-11,13-18,20H2,1-2H3/t22-,28-/m0/s1. The first-order valence-electron chi connectivity index (χ1n) is 13.4. The van der Waals surface area contributed by atoms with Crippen LogP contribution in [0.1, 0.15) is 42.3 Å². The molecule has 8 heteroatoms. The van der Waals surface area contributed by atoms with Gasteiger partial charge in [-0.2, -0.15) is 0 Å². The summed E-state index contributed by atoms with van der Waals surface area (Å²) in [6.45, 7) is 6.05. The summed E-state index contributed by atoms with van der Waals surface area (Å²) in [5.41, 5.74) is 4.85. The number of likely N-dealkylation sites (N-methyl/N-ethyl adjacent to an activating group) is 1. The van der Waals surface area contributed by atoms with E-state index in [1.165, 1.54) is 36.3 Å². The second-order valence-corrected chi connectivity index (χ2v) is 10.8. The fourth-order valence-corrected chi connectivity index (χ4v) is 6.35. The maximum absolute atomic E-state index is 12.1. The molecule has 3 aliphatic rings. The zero-order valence-electron chi connectivity index (χ0n) is 21.5. The van der Waals surface area contributed by atoms with Gasteiger partial charge in [-0.15, -0.1) is 0 Å². The van der Waals surface area contributed by atoms with Crippen LogP contribution in [0, 0.1) is 5.92 Å². The normalized spacial score (nSPS) is 22.9. The molecule has 0 unspecified atom stereocenters. The summed E-state index contributed by atoms with van der Waals surface area (Å²) in [6.07, 6.45) is 9.18. The number of fused-ring (bicyclic) bond motifs is 4. The molecule has 1 amide bonds. The molecule has 0 N–H and O–H groups in total. The zero-order chi connectivity index (χ0) is 24.6. The topological polar surface area (TPSA) is 60.2 Å². The molecule has 6 rings (SSSR count). The molecule has 0 saturated carbocycles.